The lowest BCUT2D eigenvalue weighted by molar-refractivity contribution is -0.153. The van der Waals surface area contributed by atoms with Crippen LogP contribution in [0.4, 0.5) is 5.69 Å². The van der Waals surface area contributed by atoms with Crippen molar-refractivity contribution in [3.63, 3.8) is 0 Å². The lowest BCUT2D eigenvalue weighted by Gasteiger charge is -2.25. The van der Waals surface area contributed by atoms with E-state index in [2.05, 4.69) is 48.3 Å². The molecule has 3 N–H and O–H groups in total. The van der Waals surface area contributed by atoms with E-state index in [9.17, 15) is 13.2 Å². The summed E-state index contributed by atoms with van der Waals surface area (Å²) in [6.07, 6.45) is 1.11. The molecule has 2 aromatic rings. The molecule has 35 heavy (non-hydrogen) atoms. The smallest absolute Gasteiger partial charge is 0.311 e. The molecule has 0 bridgehead atoms. The van der Waals surface area contributed by atoms with Crippen LogP contribution in [-0.4, -0.2) is 32.4 Å². The summed E-state index contributed by atoms with van der Waals surface area (Å²) in [5.74, 6) is -0.280. The van der Waals surface area contributed by atoms with Crippen molar-refractivity contribution >= 4 is 39.0 Å². The molecule has 0 spiro atoms. The van der Waals surface area contributed by atoms with Gasteiger partial charge < -0.3 is 15.4 Å². The number of thiocarbonyl (C=S) groups is 1. The van der Waals surface area contributed by atoms with Crippen molar-refractivity contribution in [2.24, 2.45) is 5.41 Å². The molecule has 0 aliphatic rings. The molecule has 0 aromatic heterocycles. The number of hydrogen-bond acceptors (Lipinski definition) is 5. The first-order valence-corrected chi connectivity index (χ1v) is 13.7. The summed E-state index contributed by atoms with van der Waals surface area (Å²) >= 11 is 5.51. The number of hydrogen-bond donors (Lipinski definition) is 3. The maximum absolute atomic E-state index is 12.4. The fourth-order valence-electron chi connectivity index (χ4n) is 3.11. The minimum Gasteiger partial charge on any atom is -0.463 e. The molecule has 0 fully saturated rings. The lowest BCUT2D eigenvalue weighted by Crippen LogP contribution is -2.40. The summed E-state index contributed by atoms with van der Waals surface area (Å²) in [7, 11) is -3.32. The van der Waals surface area contributed by atoms with Crippen molar-refractivity contribution in [1.82, 2.24) is 10.6 Å². The van der Waals surface area contributed by atoms with Crippen LogP contribution in [0.3, 0.4) is 0 Å². The van der Waals surface area contributed by atoms with Crippen molar-refractivity contribution in [2.75, 3.05) is 17.6 Å². The highest BCUT2D eigenvalue weighted by Crippen LogP contribution is 2.25. The number of benzene rings is 2. The summed E-state index contributed by atoms with van der Waals surface area (Å²) in [6, 6.07) is 14.9. The van der Waals surface area contributed by atoms with Crippen LogP contribution in [0.25, 0.3) is 0 Å². The largest absolute Gasteiger partial charge is 0.463 e. The predicted molar refractivity (Wildman–Crippen MR) is 146 cm³/mol. The Morgan fingerprint density at radius 2 is 1.54 bits per heavy atom. The van der Waals surface area contributed by atoms with Crippen LogP contribution in [0.5, 0.6) is 0 Å². The van der Waals surface area contributed by atoms with Gasteiger partial charge in [0, 0.05) is 12.2 Å². The third kappa shape index (κ3) is 9.85. The molecule has 0 saturated heterocycles. The van der Waals surface area contributed by atoms with Crippen molar-refractivity contribution in [3.8, 4) is 0 Å². The van der Waals surface area contributed by atoms with Gasteiger partial charge in [-0.1, -0.05) is 57.2 Å². The molecule has 2 rings (SSSR count). The average Bonchev–Trinajstić information content (AvgIpc) is 2.73. The summed E-state index contributed by atoms with van der Waals surface area (Å²) in [5.41, 5.74) is 3.03. The van der Waals surface area contributed by atoms with E-state index in [1.165, 1.54) is 5.56 Å². The van der Waals surface area contributed by atoms with E-state index < -0.39 is 15.4 Å². The van der Waals surface area contributed by atoms with Crippen molar-refractivity contribution in [3.05, 3.63) is 65.2 Å². The number of carbonyl (C=O) groups excluding carboxylic acids is 1. The zero-order valence-corrected chi connectivity index (χ0v) is 23.2. The number of esters is 1. The maximum Gasteiger partial charge on any atom is 0.311 e. The average molecular weight is 520 g/mol. The van der Waals surface area contributed by atoms with E-state index >= 15 is 0 Å². The first kappa shape index (κ1) is 28.6. The lowest BCUT2D eigenvalue weighted by atomic mass is 9.86. The van der Waals surface area contributed by atoms with Gasteiger partial charge in [-0.25, -0.2) is 8.42 Å². The van der Waals surface area contributed by atoms with E-state index in [0.29, 0.717) is 17.3 Å². The number of anilines is 1. The van der Waals surface area contributed by atoms with Gasteiger partial charge in [0.2, 0.25) is 10.0 Å². The van der Waals surface area contributed by atoms with Gasteiger partial charge in [0.1, 0.15) is 6.61 Å². The van der Waals surface area contributed by atoms with Crippen LogP contribution >= 0.6 is 12.2 Å². The molecule has 2 aromatic carbocycles. The Kier molecular flexibility index (Phi) is 9.30. The predicted octanol–water partition coefficient (Wildman–Crippen LogP) is 4.65. The van der Waals surface area contributed by atoms with E-state index in [1.807, 2.05) is 45.0 Å². The summed E-state index contributed by atoms with van der Waals surface area (Å²) < 4.78 is 30.7. The number of carbonyl (C=O) groups is 1. The number of sulfonamides is 1. The maximum atomic E-state index is 12.4. The van der Waals surface area contributed by atoms with Crippen LogP contribution in [-0.2, 0) is 31.5 Å². The van der Waals surface area contributed by atoms with Crippen molar-refractivity contribution < 1.29 is 17.9 Å². The molecule has 7 nitrogen and oxygen atoms in total. The van der Waals surface area contributed by atoms with Gasteiger partial charge in [-0.15, -0.1) is 0 Å². The normalized spacial score (nSPS) is 13.0. The summed E-state index contributed by atoms with van der Waals surface area (Å²) in [6.45, 7) is 12.5. The second-order valence-electron chi connectivity index (χ2n) is 10.7. The second-order valence-corrected chi connectivity index (χ2v) is 12.8. The van der Waals surface area contributed by atoms with Crippen LogP contribution in [0, 0.1) is 5.41 Å². The quantitative estimate of drug-likeness (QED) is 0.345. The van der Waals surface area contributed by atoms with Crippen LogP contribution in [0.15, 0.2) is 48.5 Å². The zero-order valence-electron chi connectivity index (χ0n) is 21.6. The number of nitrogens with one attached hydrogen (secondary N) is 3. The molecule has 0 amide bonds. The monoisotopic (exact) mass is 519 g/mol. The fourth-order valence-corrected chi connectivity index (χ4v) is 3.89. The first-order valence-electron chi connectivity index (χ1n) is 11.4. The van der Waals surface area contributed by atoms with Gasteiger partial charge in [-0.05, 0) is 67.2 Å². The third-order valence-corrected chi connectivity index (χ3v) is 6.06. The molecule has 9 heteroatoms. The van der Waals surface area contributed by atoms with E-state index in [4.69, 9.17) is 17.0 Å². The Balaban J connectivity index is 2.07. The van der Waals surface area contributed by atoms with E-state index in [0.717, 1.165) is 17.4 Å². The van der Waals surface area contributed by atoms with Gasteiger partial charge in [-0.2, -0.15) is 0 Å². The summed E-state index contributed by atoms with van der Waals surface area (Å²) in [5, 5.41) is 6.84. The topological polar surface area (TPSA) is 96.5 Å². The first-order chi connectivity index (χ1) is 16.0. The van der Waals surface area contributed by atoms with Gasteiger partial charge >= 0.3 is 5.97 Å². The molecule has 0 heterocycles. The van der Waals surface area contributed by atoms with Crippen molar-refractivity contribution in [2.45, 2.75) is 59.5 Å². The van der Waals surface area contributed by atoms with Gasteiger partial charge in [0.15, 0.2) is 5.11 Å². The Labute approximate surface area is 215 Å². The molecule has 1 unspecified atom stereocenters. The minimum atomic E-state index is -3.32. The van der Waals surface area contributed by atoms with Gasteiger partial charge in [0.25, 0.3) is 0 Å². The van der Waals surface area contributed by atoms with E-state index in [1.54, 1.807) is 12.1 Å². The molecule has 0 radical (unpaired) electrons. The van der Waals surface area contributed by atoms with Crippen LogP contribution < -0.4 is 15.4 Å². The van der Waals surface area contributed by atoms with Crippen LogP contribution in [0.1, 0.15) is 64.3 Å². The highest BCUT2D eigenvalue weighted by atomic mass is 32.2. The highest BCUT2D eigenvalue weighted by molar-refractivity contribution is 7.92. The second kappa shape index (κ2) is 11.4. The molecule has 1 atom stereocenters. The Morgan fingerprint density at radius 1 is 0.971 bits per heavy atom. The van der Waals surface area contributed by atoms with Gasteiger partial charge in [0.05, 0.1) is 17.7 Å². The molecule has 0 aliphatic carbocycles. The molecule has 192 valence electrons. The Hall–Kier alpha value is -2.65. The molecule has 0 aliphatic heterocycles. The van der Waals surface area contributed by atoms with Crippen molar-refractivity contribution in [1.29, 1.82) is 0 Å². The third-order valence-electron chi connectivity index (χ3n) is 5.19. The molecular formula is C26H37N3O4S2. The zero-order chi connectivity index (χ0) is 26.4. The van der Waals surface area contributed by atoms with Crippen LogP contribution in [0.2, 0.25) is 0 Å². The Morgan fingerprint density at radius 3 is 2.03 bits per heavy atom. The molecule has 0 saturated carbocycles. The SMILES string of the molecule is CC(C)(C)C(=O)OCC(NC(=S)NCc1ccc(NS(C)(=O)=O)cc1)c1ccc(C(C)(C)C)cc1. The fraction of sp³-hybridized carbons (Fsp3) is 0.462. The standard InChI is InChI=1S/C26H37N3O4S2/c1-25(2,3)20-12-10-19(11-13-20)22(17-33-23(30)26(4,5)6)28-24(34)27-16-18-8-14-21(15-9-18)29-35(7,31)32/h8-15,22,29H,16-17H2,1-7H3,(H2,27,28,34). The molecular weight excluding hydrogens is 482 g/mol. The highest BCUT2D eigenvalue weighted by Gasteiger charge is 2.25. The minimum absolute atomic E-state index is 0.0311. The summed E-state index contributed by atoms with van der Waals surface area (Å²) in [4.78, 5) is 12.4. The Bertz CT molecular complexity index is 1120. The number of rotatable bonds is 8. The van der Waals surface area contributed by atoms with E-state index in [-0.39, 0.29) is 24.0 Å². The van der Waals surface area contributed by atoms with Gasteiger partial charge in [-0.3, -0.25) is 9.52 Å². The number of ether oxygens (including phenoxy) is 1.